The summed E-state index contributed by atoms with van der Waals surface area (Å²) in [6, 6.07) is 4.85. The van der Waals surface area contributed by atoms with Crippen molar-refractivity contribution in [2.75, 3.05) is 0 Å². The Kier molecular flexibility index (Phi) is 3.03. The lowest BCUT2D eigenvalue weighted by atomic mass is 9.99. The molecule has 1 aromatic heterocycles. The van der Waals surface area contributed by atoms with E-state index in [2.05, 4.69) is 5.10 Å². The predicted octanol–water partition coefficient (Wildman–Crippen LogP) is 2.72. The zero-order valence-corrected chi connectivity index (χ0v) is 10.9. The van der Waals surface area contributed by atoms with Crippen molar-refractivity contribution in [3.63, 3.8) is 0 Å². The molecule has 2 rings (SSSR count). The molecule has 3 nitrogen and oxygen atoms in total. The molecule has 0 fully saturated rings. The molecule has 94 valence electrons. The number of nitrogens with zero attached hydrogens (tertiary/aromatic N) is 2. The van der Waals surface area contributed by atoms with Crippen LogP contribution in [0.1, 0.15) is 32.9 Å². The maximum absolute atomic E-state index is 13.9. The van der Waals surface area contributed by atoms with Crippen LogP contribution >= 0.6 is 0 Å². The highest BCUT2D eigenvalue weighted by Gasteiger charge is 2.20. The Morgan fingerprint density at radius 3 is 2.39 bits per heavy atom. The Balaban J connectivity index is 2.56. The van der Waals surface area contributed by atoms with Crippen molar-refractivity contribution < 1.29 is 9.18 Å². The Morgan fingerprint density at radius 1 is 1.22 bits per heavy atom. The van der Waals surface area contributed by atoms with Crippen molar-refractivity contribution in [3.05, 3.63) is 52.1 Å². The maximum Gasteiger partial charge on any atom is 0.214 e. The van der Waals surface area contributed by atoms with Crippen LogP contribution in [0.15, 0.2) is 18.2 Å². The monoisotopic (exact) mass is 246 g/mol. The summed E-state index contributed by atoms with van der Waals surface area (Å²) in [7, 11) is 1.68. The zero-order valence-electron chi connectivity index (χ0n) is 10.9. The van der Waals surface area contributed by atoms with Gasteiger partial charge in [0.1, 0.15) is 11.5 Å². The van der Waals surface area contributed by atoms with Crippen LogP contribution in [0.5, 0.6) is 0 Å². The van der Waals surface area contributed by atoms with E-state index in [0.29, 0.717) is 11.3 Å². The summed E-state index contributed by atoms with van der Waals surface area (Å²) in [5, 5.41) is 4.11. The first-order valence-electron chi connectivity index (χ1n) is 5.72. The molecule has 18 heavy (non-hydrogen) atoms. The number of hydrogen-bond donors (Lipinski definition) is 0. The lowest BCUT2D eigenvalue weighted by Crippen LogP contribution is -2.12. The molecule has 1 heterocycles. The molecule has 0 saturated heterocycles. The quantitative estimate of drug-likeness (QED) is 0.764. The number of benzene rings is 1. The van der Waals surface area contributed by atoms with Crippen molar-refractivity contribution in [2.24, 2.45) is 7.05 Å². The SMILES string of the molecule is Cc1cc(C)c(C(=O)c2cc(C)nn2C)c(F)c1. The van der Waals surface area contributed by atoms with Gasteiger partial charge in [0.15, 0.2) is 0 Å². The van der Waals surface area contributed by atoms with Gasteiger partial charge in [0.25, 0.3) is 0 Å². The molecule has 2 aromatic rings. The number of carbonyl (C=O) groups excluding carboxylic acids is 1. The van der Waals surface area contributed by atoms with Gasteiger partial charge in [-0.3, -0.25) is 9.48 Å². The highest BCUT2D eigenvalue weighted by Crippen LogP contribution is 2.19. The Morgan fingerprint density at radius 2 is 1.89 bits per heavy atom. The summed E-state index contributed by atoms with van der Waals surface area (Å²) in [5.74, 6) is -0.801. The molecular weight excluding hydrogens is 231 g/mol. The minimum atomic E-state index is -0.476. The summed E-state index contributed by atoms with van der Waals surface area (Å²) >= 11 is 0. The van der Waals surface area contributed by atoms with Gasteiger partial charge in [0.2, 0.25) is 5.78 Å². The summed E-state index contributed by atoms with van der Waals surface area (Å²) in [5.41, 5.74) is 2.73. The summed E-state index contributed by atoms with van der Waals surface area (Å²) in [6.07, 6.45) is 0. The molecular formula is C14H15FN2O. The number of aromatic nitrogens is 2. The third-order valence-corrected chi connectivity index (χ3v) is 2.89. The molecule has 0 atom stereocenters. The molecule has 4 heteroatoms. The highest BCUT2D eigenvalue weighted by atomic mass is 19.1. The van der Waals surface area contributed by atoms with Crippen molar-refractivity contribution in [2.45, 2.75) is 20.8 Å². The van der Waals surface area contributed by atoms with Crippen LogP contribution < -0.4 is 0 Å². The van der Waals surface area contributed by atoms with Crippen LogP contribution in [-0.4, -0.2) is 15.6 Å². The van der Waals surface area contributed by atoms with Crippen LogP contribution in [0, 0.1) is 26.6 Å². The summed E-state index contributed by atoms with van der Waals surface area (Å²) in [4.78, 5) is 12.3. The fourth-order valence-corrected chi connectivity index (χ4v) is 2.15. The van der Waals surface area contributed by atoms with E-state index in [1.165, 1.54) is 10.7 Å². The minimum Gasteiger partial charge on any atom is -0.287 e. The first-order chi connectivity index (χ1) is 8.40. The number of aryl methyl sites for hydroxylation is 4. The lowest BCUT2D eigenvalue weighted by molar-refractivity contribution is 0.102. The fourth-order valence-electron chi connectivity index (χ4n) is 2.15. The number of halogens is 1. The van der Waals surface area contributed by atoms with Gasteiger partial charge in [-0.15, -0.1) is 0 Å². The normalized spacial score (nSPS) is 10.7. The Labute approximate surface area is 105 Å². The second-order valence-electron chi connectivity index (χ2n) is 4.56. The first-order valence-corrected chi connectivity index (χ1v) is 5.72. The van der Waals surface area contributed by atoms with E-state index in [1.807, 2.05) is 0 Å². The van der Waals surface area contributed by atoms with E-state index in [1.54, 1.807) is 40.0 Å². The smallest absolute Gasteiger partial charge is 0.214 e. The molecule has 1 aromatic carbocycles. The molecule has 0 amide bonds. The van der Waals surface area contributed by atoms with Gasteiger partial charge in [0.05, 0.1) is 11.3 Å². The van der Waals surface area contributed by atoms with E-state index in [9.17, 15) is 9.18 Å². The number of ketones is 1. The predicted molar refractivity (Wildman–Crippen MR) is 67.3 cm³/mol. The van der Waals surface area contributed by atoms with Gasteiger partial charge in [-0.1, -0.05) is 6.07 Å². The average molecular weight is 246 g/mol. The van der Waals surface area contributed by atoms with Crippen molar-refractivity contribution in [1.82, 2.24) is 9.78 Å². The molecule has 0 saturated carbocycles. The van der Waals surface area contributed by atoms with Crippen molar-refractivity contribution in [1.29, 1.82) is 0 Å². The molecule has 0 bridgehead atoms. The second-order valence-corrected chi connectivity index (χ2v) is 4.56. The van der Waals surface area contributed by atoms with Crippen LogP contribution in [0.3, 0.4) is 0 Å². The third-order valence-electron chi connectivity index (χ3n) is 2.89. The van der Waals surface area contributed by atoms with E-state index < -0.39 is 5.82 Å². The van der Waals surface area contributed by atoms with Crippen LogP contribution in [0.2, 0.25) is 0 Å². The molecule has 0 aliphatic rings. The molecule has 0 aliphatic heterocycles. The topological polar surface area (TPSA) is 34.9 Å². The molecule has 0 radical (unpaired) electrons. The lowest BCUT2D eigenvalue weighted by Gasteiger charge is -2.07. The fraction of sp³-hybridized carbons (Fsp3) is 0.286. The Hall–Kier alpha value is -1.97. The van der Waals surface area contributed by atoms with Crippen LogP contribution in [0.25, 0.3) is 0 Å². The average Bonchev–Trinajstić information content (AvgIpc) is 2.56. The standard InChI is InChI=1S/C14H15FN2O/c1-8-5-9(2)13(11(15)6-8)14(18)12-7-10(3)16-17(12)4/h5-7H,1-4H3. The number of carbonyl (C=O) groups is 1. The van der Waals surface area contributed by atoms with Gasteiger partial charge in [0, 0.05) is 7.05 Å². The van der Waals surface area contributed by atoms with Gasteiger partial charge in [-0.25, -0.2) is 4.39 Å². The van der Waals surface area contributed by atoms with Crippen LogP contribution in [0.4, 0.5) is 4.39 Å². The Bertz CT molecular complexity index is 606. The molecule has 0 spiro atoms. The number of rotatable bonds is 2. The first kappa shape index (κ1) is 12.5. The maximum atomic E-state index is 13.9. The molecule has 0 N–H and O–H groups in total. The van der Waals surface area contributed by atoms with Crippen LogP contribution in [-0.2, 0) is 7.05 Å². The number of hydrogen-bond acceptors (Lipinski definition) is 2. The second kappa shape index (κ2) is 4.37. The largest absolute Gasteiger partial charge is 0.287 e. The van der Waals surface area contributed by atoms with Gasteiger partial charge >= 0.3 is 0 Å². The van der Waals surface area contributed by atoms with Crippen molar-refractivity contribution in [3.8, 4) is 0 Å². The summed E-state index contributed by atoms with van der Waals surface area (Å²) < 4.78 is 15.4. The van der Waals surface area contributed by atoms with Crippen molar-refractivity contribution >= 4 is 5.78 Å². The summed E-state index contributed by atoms with van der Waals surface area (Å²) in [6.45, 7) is 5.35. The third kappa shape index (κ3) is 2.06. The van der Waals surface area contributed by atoms with E-state index >= 15 is 0 Å². The molecule has 0 unspecified atom stereocenters. The van der Waals surface area contributed by atoms with E-state index in [-0.39, 0.29) is 11.3 Å². The van der Waals surface area contributed by atoms with E-state index in [0.717, 1.165) is 11.3 Å². The van der Waals surface area contributed by atoms with Gasteiger partial charge in [-0.2, -0.15) is 5.10 Å². The van der Waals surface area contributed by atoms with Gasteiger partial charge in [-0.05, 0) is 44.0 Å². The molecule has 0 aliphatic carbocycles. The van der Waals surface area contributed by atoms with E-state index in [4.69, 9.17) is 0 Å². The van der Waals surface area contributed by atoms with Gasteiger partial charge < -0.3 is 0 Å². The highest BCUT2D eigenvalue weighted by molar-refractivity contribution is 6.09. The minimum absolute atomic E-state index is 0.128. The zero-order chi connectivity index (χ0) is 13.4.